The van der Waals surface area contributed by atoms with Gasteiger partial charge >= 0.3 is 6.03 Å². The molecule has 2 rings (SSSR count). The molecule has 0 aromatic heterocycles. The average molecular weight is 332 g/mol. The van der Waals surface area contributed by atoms with Gasteiger partial charge in [-0.25, -0.2) is 4.79 Å². The molecule has 6 nitrogen and oxygen atoms in total. The molecule has 1 fully saturated rings. The van der Waals surface area contributed by atoms with Crippen molar-refractivity contribution in [2.75, 3.05) is 13.1 Å². The number of carbonyl (C=O) groups excluding carboxylic acids is 2. The third-order valence-electron chi connectivity index (χ3n) is 4.27. The zero-order valence-corrected chi connectivity index (χ0v) is 14.9. The third-order valence-corrected chi connectivity index (χ3v) is 4.27. The fraction of sp³-hybridized carbons (Fsp3) is 0.556. The number of nitrogens with two attached hydrogens (primary N) is 1. The van der Waals surface area contributed by atoms with Crippen LogP contribution in [0.15, 0.2) is 30.3 Å². The summed E-state index contributed by atoms with van der Waals surface area (Å²) >= 11 is 0. The summed E-state index contributed by atoms with van der Waals surface area (Å²) in [7, 11) is 0. The first-order chi connectivity index (χ1) is 11.2. The first-order valence-electron chi connectivity index (χ1n) is 8.35. The van der Waals surface area contributed by atoms with Gasteiger partial charge in [-0.15, -0.1) is 0 Å². The molecule has 1 aliphatic rings. The van der Waals surface area contributed by atoms with E-state index in [9.17, 15) is 9.59 Å². The highest BCUT2D eigenvalue weighted by molar-refractivity contribution is 5.97. The van der Waals surface area contributed by atoms with Gasteiger partial charge in [0.1, 0.15) is 0 Å². The van der Waals surface area contributed by atoms with E-state index in [-0.39, 0.29) is 23.4 Å². The van der Waals surface area contributed by atoms with Crippen LogP contribution in [0, 0.1) is 0 Å². The van der Waals surface area contributed by atoms with E-state index >= 15 is 0 Å². The number of hydrogen-bond donors (Lipinski definition) is 3. The summed E-state index contributed by atoms with van der Waals surface area (Å²) < 4.78 is 0. The number of nitrogens with one attached hydrogen (secondary N) is 2. The minimum Gasteiger partial charge on any atom is -0.333 e. The Hall–Kier alpha value is -1.92. The maximum Gasteiger partial charge on any atom is 0.321 e. The smallest absolute Gasteiger partial charge is 0.321 e. The largest absolute Gasteiger partial charge is 0.333 e. The molecule has 132 valence electrons. The lowest BCUT2D eigenvalue weighted by molar-refractivity contribution is -0.124. The van der Waals surface area contributed by atoms with Crippen molar-refractivity contribution in [3.63, 3.8) is 0 Å². The van der Waals surface area contributed by atoms with Crippen molar-refractivity contribution in [3.8, 4) is 0 Å². The lowest BCUT2D eigenvalue weighted by atomic mass is 9.95. The van der Waals surface area contributed by atoms with Crippen LogP contribution in [0.25, 0.3) is 0 Å². The zero-order valence-electron chi connectivity index (χ0n) is 14.9. The van der Waals surface area contributed by atoms with Crippen LogP contribution in [0.1, 0.15) is 39.2 Å². The van der Waals surface area contributed by atoms with E-state index in [1.165, 1.54) is 5.56 Å². The number of imide groups is 1. The number of urea groups is 1. The molecule has 0 aliphatic carbocycles. The van der Waals surface area contributed by atoms with Crippen molar-refractivity contribution in [3.05, 3.63) is 35.9 Å². The van der Waals surface area contributed by atoms with E-state index < -0.39 is 12.1 Å². The van der Waals surface area contributed by atoms with Crippen LogP contribution in [0.5, 0.6) is 0 Å². The molecule has 1 aromatic carbocycles. The molecule has 3 amide bonds. The minimum atomic E-state index is -0.470. The van der Waals surface area contributed by atoms with Gasteiger partial charge in [0.05, 0.1) is 6.04 Å². The first kappa shape index (κ1) is 18.4. The molecule has 6 heteroatoms. The molecule has 1 saturated heterocycles. The van der Waals surface area contributed by atoms with E-state index in [0.29, 0.717) is 13.1 Å². The van der Waals surface area contributed by atoms with E-state index in [2.05, 4.69) is 22.8 Å². The van der Waals surface area contributed by atoms with Crippen LogP contribution in [0.4, 0.5) is 4.79 Å². The molecule has 4 N–H and O–H groups in total. The van der Waals surface area contributed by atoms with E-state index in [1.807, 2.05) is 43.9 Å². The Labute approximate surface area is 143 Å². The van der Waals surface area contributed by atoms with Crippen LogP contribution in [-0.4, -0.2) is 47.6 Å². The Morgan fingerprint density at radius 1 is 1.21 bits per heavy atom. The molecule has 24 heavy (non-hydrogen) atoms. The number of hydrogen-bond acceptors (Lipinski definition) is 4. The number of likely N-dealkylation sites (tertiary alicyclic amines) is 1. The minimum absolute atomic E-state index is 0.0222. The summed E-state index contributed by atoms with van der Waals surface area (Å²) in [6, 6.07) is 9.20. The zero-order chi connectivity index (χ0) is 17.9. The summed E-state index contributed by atoms with van der Waals surface area (Å²) in [6.07, 6.45) is 0. The Kier molecular flexibility index (Phi) is 5.62. The highest BCUT2D eigenvalue weighted by atomic mass is 16.2. The van der Waals surface area contributed by atoms with Crippen LogP contribution < -0.4 is 16.4 Å². The van der Waals surface area contributed by atoms with Crippen molar-refractivity contribution in [2.45, 2.75) is 51.2 Å². The van der Waals surface area contributed by atoms with Gasteiger partial charge in [0, 0.05) is 30.6 Å². The Morgan fingerprint density at radius 3 is 2.42 bits per heavy atom. The molecular weight excluding hydrogens is 304 g/mol. The number of rotatable bonds is 3. The highest BCUT2D eigenvalue weighted by Gasteiger charge is 2.36. The first-order valence-corrected chi connectivity index (χ1v) is 8.35. The standard InChI is InChI=1S/C18H28N4O2/c1-12(16(23)20-17(24)21-18(2,3)4)22-10-14(15(19)11-22)13-8-6-5-7-9-13/h5-9,12,14-15H,10-11,19H2,1-4H3,(H2,20,21,23,24)/t12?,14-,15+/m0/s1. The molecule has 1 aromatic rings. The van der Waals surface area contributed by atoms with Crippen LogP contribution in [0.2, 0.25) is 0 Å². The van der Waals surface area contributed by atoms with Crippen LogP contribution in [-0.2, 0) is 4.79 Å². The molecule has 1 unspecified atom stereocenters. The SMILES string of the molecule is CC(C(=O)NC(=O)NC(C)(C)C)N1C[C@@H](N)[C@H](c2ccccc2)C1. The normalized spacial score (nSPS) is 22.9. The number of benzene rings is 1. The molecule has 3 atom stereocenters. The van der Waals surface area contributed by atoms with Gasteiger partial charge in [0.15, 0.2) is 0 Å². The monoisotopic (exact) mass is 332 g/mol. The summed E-state index contributed by atoms with van der Waals surface area (Å²) in [5, 5.41) is 5.14. The van der Waals surface area contributed by atoms with Crippen molar-refractivity contribution in [1.82, 2.24) is 15.5 Å². The maximum atomic E-state index is 12.3. The number of nitrogens with zero attached hydrogens (tertiary/aromatic N) is 1. The van der Waals surface area contributed by atoms with Gasteiger partial charge in [0.25, 0.3) is 0 Å². The second-order valence-corrected chi connectivity index (χ2v) is 7.50. The fourth-order valence-corrected chi connectivity index (χ4v) is 2.98. The second-order valence-electron chi connectivity index (χ2n) is 7.50. The quantitative estimate of drug-likeness (QED) is 0.781. The maximum absolute atomic E-state index is 12.3. The molecule has 0 spiro atoms. The van der Waals surface area contributed by atoms with E-state index in [4.69, 9.17) is 5.73 Å². The van der Waals surface area contributed by atoms with Crippen molar-refractivity contribution >= 4 is 11.9 Å². The van der Waals surface area contributed by atoms with E-state index in [0.717, 1.165) is 0 Å². The van der Waals surface area contributed by atoms with Gasteiger partial charge < -0.3 is 11.1 Å². The summed E-state index contributed by atoms with van der Waals surface area (Å²) in [4.78, 5) is 26.2. The Morgan fingerprint density at radius 2 is 1.83 bits per heavy atom. The van der Waals surface area contributed by atoms with Gasteiger partial charge in [-0.3, -0.25) is 15.0 Å². The molecule has 1 aliphatic heterocycles. The summed E-state index contributed by atoms with van der Waals surface area (Å²) in [5.41, 5.74) is 7.07. The van der Waals surface area contributed by atoms with Gasteiger partial charge in [-0.2, -0.15) is 0 Å². The van der Waals surface area contributed by atoms with Crippen LogP contribution >= 0.6 is 0 Å². The summed E-state index contributed by atoms with van der Waals surface area (Å²) in [6.45, 7) is 8.74. The fourth-order valence-electron chi connectivity index (χ4n) is 2.98. The molecule has 1 heterocycles. The van der Waals surface area contributed by atoms with Crippen molar-refractivity contribution < 1.29 is 9.59 Å². The Bertz CT molecular complexity index is 582. The topological polar surface area (TPSA) is 87.5 Å². The molecular formula is C18H28N4O2. The predicted octanol–water partition coefficient (Wildman–Crippen LogP) is 1.43. The number of amides is 3. The van der Waals surface area contributed by atoms with Crippen molar-refractivity contribution in [2.24, 2.45) is 5.73 Å². The predicted molar refractivity (Wildman–Crippen MR) is 94.6 cm³/mol. The molecule has 0 bridgehead atoms. The lowest BCUT2D eigenvalue weighted by Crippen LogP contribution is -2.53. The highest BCUT2D eigenvalue weighted by Crippen LogP contribution is 2.27. The number of carbonyl (C=O) groups is 2. The average Bonchev–Trinajstić information content (AvgIpc) is 2.87. The third kappa shape index (κ3) is 4.79. The lowest BCUT2D eigenvalue weighted by Gasteiger charge is -2.25. The Balaban J connectivity index is 1.94. The van der Waals surface area contributed by atoms with E-state index in [1.54, 1.807) is 6.92 Å². The molecule has 0 radical (unpaired) electrons. The summed E-state index contributed by atoms with van der Waals surface area (Å²) in [5.74, 6) is -0.109. The van der Waals surface area contributed by atoms with Crippen molar-refractivity contribution in [1.29, 1.82) is 0 Å². The second kappa shape index (κ2) is 7.32. The molecule has 0 saturated carbocycles. The van der Waals surface area contributed by atoms with Crippen LogP contribution in [0.3, 0.4) is 0 Å². The van der Waals surface area contributed by atoms with Gasteiger partial charge in [-0.05, 0) is 33.3 Å². The van der Waals surface area contributed by atoms with Gasteiger partial charge in [-0.1, -0.05) is 30.3 Å². The van der Waals surface area contributed by atoms with Gasteiger partial charge in [0.2, 0.25) is 5.91 Å².